The molecule has 0 heterocycles. The monoisotopic (exact) mass is 345 g/mol. The molecule has 0 radical (unpaired) electrons. The molecular formula is C20H31N3O2. The minimum absolute atomic E-state index is 0.108. The number of hydrogen-bond donors (Lipinski definition) is 1. The van der Waals surface area contributed by atoms with Crippen LogP contribution in [0.3, 0.4) is 0 Å². The first kappa shape index (κ1) is 18.5. The number of aldehydes is 1. The molecule has 3 saturated carbocycles. The Morgan fingerprint density at radius 1 is 1.32 bits per heavy atom. The molecular weight excluding hydrogens is 314 g/mol. The predicted octanol–water partition coefficient (Wildman–Crippen LogP) is 4.66. The van der Waals surface area contributed by atoms with Crippen LogP contribution in [0.15, 0.2) is 17.3 Å². The first-order valence-electron chi connectivity index (χ1n) is 9.69. The third-order valence-electron chi connectivity index (χ3n) is 8.15. The van der Waals surface area contributed by atoms with Crippen LogP contribution in [0.25, 0.3) is 10.4 Å². The fourth-order valence-electron chi connectivity index (χ4n) is 6.41. The highest BCUT2D eigenvalue weighted by atomic mass is 16.3. The molecule has 7 atom stereocenters. The van der Waals surface area contributed by atoms with Crippen molar-refractivity contribution in [1.82, 2.24) is 0 Å². The zero-order valence-corrected chi connectivity index (χ0v) is 15.5. The Labute approximate surface area is 150 Å². The lowest BCUT2D eigenvalue weighted by atomic mass is 9.49. The van der Waals surface area contributed by atoms with Gasteiger partial charge in [-0.1, -0.05) is 31.1 Å². The summed E-state index contributed by atoms with van der Waals surface area (Å²) < 4.78 is 0. The van der Waals surface area contributed by atoms with E-state index >= 15 is 0 Å². The molecule has 1 N–H and O–H groups in total. The van der Waals surface area contributed by atoms with Crippen LogP contribution in [-0.2, 0) is 4.79 Å². The summed E-state index contributed by atoms with van der Waals surface area (Å²) in [7, 11) is 0. The molecule has 3 aliphatic carbocycles. The number of fused-ring (bicyclic) bond motifs is 1. The molecule has 0 amide bonds. The molecule has 0 aromatic rings. The molecule has 0 spiro atoms. The van der Waals surface area contributed by atoms with Crippen molar-refractivity contribution >= 4 is 6.29 Å². The van der Waals surface area contributed by atoms with E-state index in [9.17, 15) is 9.90 Å². The smallest absolute Gasteiger partial charge is 0.123 e. The number of carbonyl (C=O) groups is 1. The van der Waals surface area contributed by atoms with Crippen LogP contribution in [0.4, 0.5) is 0 Å². The van der Waals surface area contributed by atoms with Crippen LogP contribution in [-0.4, -0.2) is 24.0 Å². The number of rotatable bonds is 4. The van der Waals surface area contributed by atoms with E-state index in [1.165, 1.54) is 5.57 Å². The van der Waals surface area contributed by atoms with Crippen molar-refractivity contribution in [2.45, 2.75) is 64.9 Å². The Morgan fingerprint density at radius 2 is 2.08 bits per heavy atom. The molecule has 0 aromatic heterocycles. The van der Waals surface area contributed by atoms with Gasteiger partial charge in [0.25, 0.3) is 0 Å². The molecule has 0 bridgehead atoms. The third kappa shape index (κ3) is 2.92. The second-order valence-corrected chi connectivity index (χ2v) is 9.07. The summed E-state index contributed by atoms with van der Waals surface area (Å²) in [6.07, 6.45) is 7.24. The van der Waals surface area contributed by atoms with Gasteiger partial charge in [-0.3, -0.25) is 0 Å². The lowest BCUT2D eigenvalue weighted by molar-refractivity contribution is -0.127. The highest BCUT2D eigenvalue weighted by Crippen LogP contribution is 2.63. The Kier molecular flexibility index (Phi) is 5.00. The second kappa shape index (κ2) is 6.77. The molecule has 3 rings (SSSR count). The fourth-order valence-corrected chi connectivity index (χ4v) is 6.41. The minimum Gasteiger partial charge on any atom is -0.393 e. The molecule has 0 aromatic carbocycles. The Hall–Kier alpha value is -1.32. The highest BCUT2D eigenvalue weighted by Gasteiger charge is 2.56. The van der Waals surface area contributed by atoms with Crippen LogP contribution >= 0.6 is 0 Å². The maximum absolute atomic E-state index is 11.8. The zero-order valence-electron chi connectivity index (χ0n) is 15.5. The van der Waals surface area contributed by atoms with Gasteiger partial charge in [-0.25, -0.2) is 0 Å². The number of hydrogen-bond acceptors (Lipinski definition) is 3. The van der Waals surface area contributed by atoms with Crippen molar-refractivity contribution in [1.29, 1.82) is 0 Å². The lowest BCUT2D eigenvalue weighted by Crippen LogP contribution is -2.51. The summed E-state index contributed by atoms with van der Waals surface area (Å²) in [5, 5.41) is 14.0. The molecule has 0 saturated heterocycles. The average Bonchev–Trinajstić information content (AvgIpc) is 2.90. The number of aliphatic hydroxyl groups is 1. The van der Waals surface area contributed by atoms with Crippen LogP contribution in [0, 0.1) is 34.5 Å². The van der Waals surface area contributed by atoms with Crippen molar-refractivity contribution < 1.29 is 9.90 Å². The molecule has 5 heteroatoms. The number of nitrogens with zero attached hydrogens (tertiary/aromatic N) is 3. The van der Waals surface area contributed by atoms with Crippen LogP contribution < -0.4 is 0 Å². The second-order valence-electron chi connectivity index (χ2n) is 9.07. The Balaban J connectivity index is 1.95. The van der Waals surface area contributed by atoms with E-state index in [4.69, 9.17) is 5.53 Å². The predicted molar refractivity (Wildman–Crippen MR) is 97.7 cm³/mol. The number of carbonyl (C=O) groups excluding carboxylic acids is 1. The van der Waals surface area contributed by atoms with E-state index in [1.807, 2.05) is 0 Å². The Bertz CT molecular complexity index is 600. The maximum atomic E-state index is 11.8. The SMILES string of the molecule is C=C1CCC2[C@H](CN=[N+]=[N-])C([C@@]3(C)CC[C@H](O)C[C@@H]3C=O)CC[C@]12C. The lowest BCUT2D eigenvalue weighted by Gasteiger charge is -2.55. The number of aliphatic hydroxyl groups excluding tert-OH is 1. The van der Waals surface area contributed by atoms with E-state index in [0.717, 1.165) is 44.8 Å². The van der Waals surface area contributed by atoms with E-state index in [2.05, 4.69) is 30.5 Å². The van der Waals surface area contributed by atoms with Gasteiger partial charge < -0.3 is 9.90 Å². The van der Waals surface area contributed by atoms with Gasteiger partial charge in [0.1, 0.15) is 6.29 Å². The van der Waals surface area contributed by atoms with Crippen molar-refractivity contribution in [3.63, 3.8) is 0 Å². The van der Waals surface area contributed by atoms with Gasteiger partial charge in [-0.05, 0) is 79.1 Å². The van der Waals surface area contributed by atoms with Gasteiger partial charge in [-0.2, -0.15) is 0 Å². The summed E-state index contributed by atoms with van der Waals surface area (Å²) in [4.78, 5) is 14.9. The first-order chi connectivity index (χ1) is 11.9. The standard InChI is InChI=1S/C20H31N3O2/c1-13-4-5-17-16(11-22-23-21)18(7-9-19(13,17)2)20(3)8-6-15(25)10-14(20)12-24/h12,14-18,25H,1,4-11H2,2-3H3/t14-,15+,16+,17?,18?,19-,20+/m1/s1. The minimum atomic E-state index is -0.362. The van der Waals surface area contributed by atoms with Crippen molar-refractivity contribution in [3.8, 4) is 0 Å². The van der Waals surface area contributed by atoms with Crippen LogP contribution in [0.5, 0.6) is 0 Å². The fraction of sp³-hybridized carbons (Fsp3) is 0.850. The number of azide groups is 1. The van der Waals surface area contributed by atoms with Gasteiger partial charge in [-0.15, -0.1) is 0 Å². The van der Waals surface area contributed by atoms with Gasteiger partial charge in [0.15, 0.2) is 0 Å². The zero-order chi connectivity index (χ0) is 18.2. The summed E-state index contributed by atoms with van der Waals surface area (Å²) in [6, 6.07) is 0. The molecule has 3 aliphatic rings. The summed E-state index contributed by atoms with van der Waals surface area (Å²) in [6.45, 7) is 9.40. The molecule has 138 valence electrons. The van der Waals surface area contributed by atoms with Crippen LogP contribution in [0.1, 0.15) is 58.8 Å². The van der Waals surface area contributed by atoms with E-state index in [0.29, 0.717) is 30.7 Å². The summed E-state index contributed by atoms with van der Waals surface area (Å²) in [5.74, 6) is 1.05. The molecule has 5 nitrogen and oxygen atoms in total. The quantitative estimate of drug-likeness (QED) is 0.264. The van der Waals surface area contributed by atoms with E-state index in [1.54, 1.807) is 0 Å². The van der Waals surface area contributed by atoms with E-state index < -0.39 is 0 Å². The third-order valence-corrected chi connectivity index (χ3v) is 8.15. The van der Waals surface area contributed by atoms with Crippen molar-refractivity contribution in [2.24, 2.45) is 39.6 Å². The van der Waals surface area contributed by atoms with E-state index in [-0.39, 0.29) is 22.9 Å². The van der Waals surface area contributed by atoms with Crippen molar-refractivity contribution in [3.05, 3.63) is 22.6 Å². The molecule has 25 heavy (non-hydrogen) atoms. The topological polar surface area (TPSA) is 86.1 Å². The van der Waals surface area contributed by atoms with Gasteiger partial charge >= 0.3 is 0 Å². The molecule has 0 aliphatic heterocycles. The van der Waals surface area contributed by atoms with Crippen LogP contribution in [0.2, 0.25) is 0 Å². The largest absolute Gasteiger partial charge is 0.393 e. The highest BCUT2D eigenvalue weighted by molar-refractivity contribution is 5.55. The maximum Gasteiger partial charge on any atom is 0.123 e. The van der Waals surface area contributed by atoms with Crippen molar-refractivity contribution in [2.75, 3.05) is 6.54 Å². The molecule has 2 unspecified atom stereocenters. The normalized spacial score (nSPS) is 47.0. The average molecular weight is 345 g/mol. The first-order valence-corrected chi connectivity index (χ1v) is 9.69. The number of allylic oxidation sites excluding steroid dienone is 1. The van der Waals surface area contributed by atoms with Gasteiger partial charge in [0.2, 0.25) is 0 Å². The molecule has 3 fully saturated rings. The van der Waals surface area contributed by atoms with Gasteiger partial charge in [0, 0.05) is 17.4 Å². The summed E-state index contributed by atoms with van der Waals surface area (Å²) in [5.41, 5.74) is 10.3. The summed E-state index contributed by atoms with van der Waals surface area (Å²) >= 11 is 0. The van der Waals surface area contributed by atoms with Gasteiger partial charge in [0.05, 0.1) is 6.10 Å². The Morgan fingerprint density at radius 3 is 2.76 bits per heavy atom.